The minimum Gasteiger partial charge on any atom is -0.295 e. The Balaban J connectivity index is 1.73. The summed E-state index contributed by atoms with van der Waals surface area (Å²) in [5, 5.41) is 1.11. The Morgan fingerprint density at radius 3 is 2.94 bits per heavy atom. The summed E-state index contributed by atoms with van der Waals surface area (Å²) >= 11 is 3.68. The van der Waals surface area contributed by atoms with Crippen LogP contribution in [0.25, 0.3) is 0 Å². The first kappa shape index (κ1) is 12.7. The van der Waals surface area contributed by atoms with Gasteiger partial charge in [0.25, 0.3) is 0 Å². The molecule has 1 aliphatic heterocycles. The summed E-state index contributed by atoms with van der Waals surface area (Å²) in [5.41, 5.74) is 4.71. The van der Waals surface area contributed by atoms with Gasteiger partial charge in [-0.2, -0.15) is 0 Å². The van der Waals surface area contributed by atoms with Gasteiger partial charge in [-0.15, -0.1) is 0 Å². The molecule has 1 fully saturated rings. The summed E-state index contributed by atoms with van der Waals surface area (Å²) in [6, 6.07) is 7.88. The molecule has 1 aromatic rings. The van der Waals surface area contributed by atoms with E-state index < -0.39 is 0 Å². The number of fused-ring (bicyclic) bond motifs is 1. The van der Waals surface area contributed by atoms with Crippen LogP contribution in [0, 0.1) is 5.92 Å². The molecule has 0 N–H and O–H groups in total. The number of hydrogen-bond acceptors (Lipinski definition) is 1. The Labute approximate surface area is 119 Å². The van der Waals surface area contributed by atoms with Gasteiger partial charge < -0.3 is 0 Å². The maximum absolute atomic E-state index is 3.68. The van der Waals surface area contributed by atoms with Gasteiger partial charge in [0.15, 0.2) is 0 Å². The Bertz CT molecular complexity index is 429. The molecule has 18 heavy (non-hydrogen) atoms. The zero-order chi connectivity index (χ0) is 12.5. The van der Waals surface area contributed by atoms with Crippen LogP contribution in [-0.4, -0.2) is 22.8 Å². The fourth-order valence-corrected chi connectivity index (χ4v) is 4.54. The molecule has 1 aliphatic carbocycles. The van der Waals surface area contributed by atoms with Crippen LogP contribution in [0.5, 0.6) is 0 Å². The zero-order valence-corrected chi connectivity index (χ0v) is 12.7. The molecule has 3 rings (SSSR count). The van der Waals surface area contributed by atoms with Crippen molar-refractivity contribution in [1.82, 2.24) is 4.90 Å². The first-order chi connectivity index (χ1) is 8.78. The van der Waals surface area contributed by atoms with Crippen LogP contribution in [0.4, 0.5) is 0 Å². The van der Waals surface area contributed by atoms with Gasteiger partial charge in [0.05, 0.1) is 0 Å². The second kappa shape index (κ2) is 5.34. The molecule has 1 heterocycles. The molecule has 0 amide bonds. The lowest BCUT2D eigenvalue weighted by Gasteiger charge is -2.25. The minimum absolute atomic E-state index is 0.721. The summed E-state index contributed by atoms with van der Waals surface area (Å²) in [5.74, 6) is 0.832. The Morgan fingerprint density at radius 1 is 1.28 bits per heavy atom. The maximum Gasteiger partial charge on any atom is 0.0237 e. The van der Waals surface area contributed by atoms with Crippen molar-refractivity contribution in [2.45, 2.75) is 45.2 Å². The molecule has 2 atom stereocenters. The summed E-state index contributed by atoms with van der Waals surface area (Å²) < 4.78 is 0. The van der Waals surface area contributed by atoms with Gasteiger partial charge in [-0.25, -0.2) is 0 Å². The van der Waals surface area contributed by atoms with Crippen molar-refractivity contribution in [3.05, 3.63) is 34.9 Å². The highest BCUT2D eigenvalue weighted by molar-refractivity contribution is 9.09. The van der Waals surface area contributed by atoms with Crippen molar-refractivity contribution in [1.29, 1.82) is 0 Å². The van der Waals surface area contributed by atoms with Gasteiger partial charge >= 0.3 is 0 Å². The van der Waals surface area contributed by atoms with E-state index in [1.807, 2.05) is 0 Å². The lowest BCUT2D eigenvalue weighted by Crippen LogP contribution is -2.32. The van der Waals surface area contributed by atoms with Gasteiger partial charge in [-0.3, -0.25) is 4.90 Å². The predicted molar refractivity (Wildman–Crippen MR) is 80.2 cm³/mol. The topological polar surface area (TPSA) is 3.24 Å². The second-order valence-electron chi connectivity index (χ2n) is 5.91. The minimum atomic E-state index is 0.721. The van der Waals surface area contributed by atoms with Crippen molar-refractivity contribution < 1.29 is 0 Å². The summed E-state index contributed by atoms with van der Waals surface area (Å²) in [6.45, 7) is 4.77. The fourth-order valence-electron chi connectivity index (χ4n) is 3.49. The number of benzene rings is 1. The lowest BCUT2D eigenvalue weighted by molar-refractivity contribution is 0.244. The van der Waals surface area contributed by atoms with Crippen molar-refractivity contribution in [2.24, 2.45) is 5.92 Å². The molecular weight excluding hydrogens is 286 g/mol. The van der Waals surface area contributed by atoms with Crippen molar-refractivity contribution in [2.75, 3.05) is 11.9 Å². The number of rotatable bonds is 3. The van der Waals surface area contributed by atoms with Crippen molar-refractivity contribution >= 4 is 15.9 Å². The van der Waals surface area contributed by atoms with E-state index in [1.165, 1.54) is 37.8 Å². The van der Waals surface area contributed by atoms with Crippen LogP contribution in [-0.2, 0) is 19.4 Å². The van der Waals surface area contributed by atoms with E-state index in [0.717, 1.165) is 23.8 Å². The van der Waals surface area contributed by atoms with Crippen LogP contribution in [0.15, 0.2) is 18.2 Å². The Kier molecular flexibility index (Phi) is 3.76. The number of hydrogen-bond donors (Lipinski definition) is 0. The first-order valence-electron chi connectivity index (χ1n) is 7.18. The van der Waals surface area contributed by atoms with Crippen molar-refractivity contribution in [3.8, 4) is 0 Å². The summed E-state index contributed by atoms with van der Waals surface area (Å²) in [7, 11) is 0. The van der Waals surface area contributed by atoms with Crippen LogP contribution >= 0.6 is 15.9 Å². The van der Waals surface area contributed by atoms with Crippen LogP contribution < -0.4 is 0 Å². The van der Waals surface area contributed by atoms with Gasteiger partial charge in [0.2, 0.25) is 0 Å². The monoisotopic (exact) mass is 307 g/mol. The van der Waals surface area contributed by atoms with Gasteiger partial charge in [0.1, 0.15) is 0 Å². The van der Waals surface area contributed by atoms with E-state index in [0.29, 0.717) is 0 Å². The van der Waals surface area contributed by atoms with E-state index >= 15 is 0 Å². The van der Waals surface area contributed by atoms with Crippen LogP contribution in [0.2, 0.25) is 0 Å². The SMILES string of the molecule is CC1CCN(Cc2ccc3c(c2)CCC3)C1CBr. The number of aryl methyl sites for hydroxylation is 2. The Morgan fingerprint density at radius 2 is 2.11 bits per heavy atom. The first-order valence-corrected chi connectivity index (χ1v) is 8.31. The van der Waals surface area contributed by atoms with Crippen LogP contribution in [0.3, 0.4) is 0 Å². The van der Waals surface area contributed by atoms with E-state index in [1.54, 1.807) is 11.1 Å². The third-order valence-corrected chi connectivity index (χ3v) is 5.37. The number of halogens is 1. The van der Waals surface area contributed by atoms with Gasteiger partial charge in [-0.1, -0.05) is 41.1 Å². The molecule has 0 radical (unpaired) electrons. The molecule has 1 aromatic carbocycles. The molecule has 0 saturated carbocycles. The fraction of sp³-hybridized carbons (Fsp3) is 0.625. The van der Waals surface area contributed by atoms with Crippen LogP contribution in [0.1, 0.15) is 36.5 Å². The molecule has 2 unspecified atom stereocenters. The third-order valence-electron chi connectivity index (χ3n) is 4.70. The predicted octanol–water partition coefficient (Wildman–Crippen LogP) is 3.78. The Hall–Kier alpha value is -0.340. The molecular formula is C16H22BrN. The highest BCUT2D eigenvalue weighted by Crippen LogP contribution is 2.28. The van der Waals surface area contributed by atoms with Gasteiger partial charge in [0, 0.05) is 17.9 Å². The molecule has 2 aliphatic rings. The number of nitrogens with zero attached hydrogens (tertiary/aromatic N) is 1. The van der Waals surface area contributed by atoms with E-state index in [2.05, 4.69) is 46.0 Å². The molecule has 0 bridgehead atoms. The smallest absolute Gasteiger partial charge is 0.0237 e. The molecule has 0 aromatic heterocycles. The average Bonchev–Trinajstić information content (AvgIpc) is 2.96. The second-order valence-corrected chi connectivity index (χ2v) is 6.56. The zero-order valence-electron chi connectivity index (χ0n) is 11.2. The highest BCUT2D eigenvalue weighted by atomic mass is 79.9. The molecule has 2 heteroatoms. The van der Waals surface area contributed by atoms with Crippen molar-refractivity contribution in [3.63, 3.8) is 0 Å². The summed E-state index contributed by atoms with van der Waals surface area (Å²) in [4.78, 5) is 2.65. The molecule has 1 saturated heterocycles. The normalized spacial score (nSPS) is 27.7. The maximum atomic E-state index is 3.68. The largest absolute Gasteiger partial charge is 0.295 e. The highest BCUT2D eigenvalue weighted by Gasteiger charge is 2.30. The third kappa shape index (κ3) is 2.37. The number of likely N-dealkylation sites (tertiary alicyclic amines) is 1. The standard InChI is InChI=1S/C16H22BrN/c1-12-7-8-18(16(12)10-17)11-13-5-6-14-3-2-4-15(14)9-13/h5-6,9,12,16H,2-4,7-8,10-11H2,1H3. The molecule has 1 nitrogen and oxygen atoms in total. The quantitative estimate of drug-likeness (QED) is 0.768. The van der Waals surface area contributed by atoms with Gasteiger partial charge in [-0.05, 0) is 54.8 Å². The molecule has 0 spiro atoms. The number of alkyl halides is 1. The lowest BCUT2D eigenvalue weighted by atomic mass is 10.0. The van der Waals surface area contributed by atoms with E-state index in [4.69, 9.17) is 0 Å². The average molecular weight is 308 g/mol. The molecule has 98 valence electrons. The van der Waals surface area contributed by atoms with E-state index in [-0.39, 0.29) is 0 Å². The van der Waals surface area contributed by atoms with E-state index in [9.17, 15) is 0 Å². The summed E-state index contributed by atoms with van der Waals surface area (Å²) in [6.07, 6.45) is 5.28.